The van der Waals surface area contributed by atoms with Crippen LogP contribution < -0.4 is 4.90 Å². The molecule has 0 bridgehead atoms. The molecule has 0 saturated carbocycles. The molecule has 0 spiro atoms. The molecule has 1 fully saturated rings. The van der Waals surface area contributed by atoms with Crippen molar-refractivity contribution >= 4 is 46.8 Å². The number of hydrogen-bond donors (Lipinski definition) is 1. The third-order valence-electron chi connectivity index (χ3n) is 2.57. The number of amides is 1. The van der Waals surface area contributed by atoms with Crippen LogP contribution >= 0.6 is 35.2 Å². The zero-order chi connectivity index (χ0) is 11.0. The average Bonchev–Trinajstić information content (AvgIpc) is 2.50. The molecule has 4 heteroatoms. The van der Waals surface area contributed by atoms with E-state index in [9.17, 15) is 4.79 Å². The first-order chi connectivity index (χ1) is 7.08. The van der Waals surface area contributed by atoms with Gasteiger partial charge in [-0.15, -0.1) is 0 Å². The monoisotopic (exact) mass is 333 g/mol. The van der Waals surface area contributed by atoms with E-state index in [1.54, 1.807) is 0 Å². The normalized spacial score (nSPS) is 21.1. The van der Waals surface area contributed by atoms with Crippen LogP contribution in [0.15, 0.2) is 18.2 Å². The van der Waals surface area contributed by atoms with Gasteiger partial charge < -0.3 is 4.90 Å². The highest BCUT2D eigenvalue weighted by Crippen LogP contribution is 2.26. The molecular formula is C11H12INOS. The molecule has 15 heavy (non-hydrogen) atoms. The lowest BCUT2D eigenvalue weighted by Crippen LogP contribution is -2.24. The molecule has 2 rings (SSSR count). The lowest BCUT2D eigenvalue weighted by atomic mass is 10.2. The van der Waals surface area contributed by atoms with E-state index < -0.39 is 0 Å². The van der Waals surface area contributed by atoms with Crippen molar-refractivity contribution in [2.24, 2.45) is 0 Å². The number of halogens is 1. The van der Waals surface area contributed by atoms with Gasteiger partial charge >= 0.3 is 0 Å². The second kappa shape index (κ2) is 4.33. The van der Waals surface area contributed by atoms with E-state index in [2.05, 4.69) is 54.3 Å². The van der Waals surface area contributed by atoms with Gasteiger partial charge in [0, 0.05) is 27.5 Å². The standard InChI is InChI=1S/C11H12INOS/c1-7-2-3-8(4-10(7)12)13-6-9(15)5-11(13)14/h2-4,9,15H,5-6H2,1H3. The molecule has 0 aromatic heterocycles. The smallest absolute Gasteiger partial charge is 0.228 e. The van der Waals surface area contributed by atoms with Crippen LogP contribution in [0.5, 0.6) is 0 Å². The second-order valence-corrected chi connectivity index (χ2v) is 5.69. The minimum absolute atomic E-state index is 0.176. The van der Waals surface area contributed by atoms with Crippen LogP contribution in [-0.2, 0) is 4.79 Å². The molecule has 1 aromatic rings. The summed E-state index contributed by atoms with van der Waals surface area (Å²) in [6.45, 7) is 2.79. The van der Waals surface area contributed by atoms with Crippen LogP contribution in [0.2, 0.25) is 0 Å². The Morgan fingerprint density at radius 2 is 2.27 bits per heavy atom. The Balaban J connectivity index is 2.30. The number of nitrogens with zero attached hydrogens (tertiary/aromatic N) is 1. The maximum absolute atomic E-state index is 11.7. The number of benzene rings is 1. The van der Waals surface area contributed by atoms with E-state index in [0.29, 0.717) is 6.42 Å². The highest BCUT2D eigenvalue weighted by atomic mass is 127. The fourth-order valence-electron chi connectivity index (χ4n) is 1.69. The minimum atomic E-state index is 0.176. The van der Waals surface area contributed by atoms with Crippen LogP contribution in [0.25, 0.3) is 0 Å². The van der Waals surface area contributed by atoms with E-state index >= 15 is 0 Å². The molecule has 1 unspecified atom stereocenters. The highest BCUT2D eigenvalue weighted by Gasteiger charge is 2.28. The average molecular weight is 333 g/mol. The van der Waals surface area contributed by atoms with E-state index in [1.165, 1.54) is 9.13 Å². The Kier molecular flexibility index (Phi) is 3.25. The summed E-state index contributed by atoms with van der Waals surface area (Å²) in [4.78, 5) is 13.5. The lowest BCUT2D eigenvalue weighted by molar-refractivity contribution is -0.117. The summed E-state index contributed by atoms with van der Waals surface area (Å²) in [5, 5.41) is 0.177. The Hall–Kier alpha value is -0.230. The van der Waals surface area contributed by atoms with Crippen molar-refractivity contribution in [3.05, 3.63) is 27.3 Å². The highest BCUT2D eigenvalue weighted by molar-refractivity contribution is 14.1. The number of thiol groups is 1. The van der Waals surface area contributed by atoms with E-state index in [0.717, 1.165) is 12.2 Å². The second-order valence-electron chi connectivity index (χ2n) is 3.80. The van der Waals surface area contributed by atoms with Gasteiger partial charge in [0.15, 0.2) is 0 Å². The van der Waals surface area contributed by atoms with Crippen molar-refractivity contribution in [1.82, 2.24) is 0 Å². The molecule has 0 N–H and O–H groups in total. The summed E-state index contributed by atoms with van der Waals surface area (Å²) < 4.78 is 1.19. The molecule has 0 radical (unpaired) electrons. The predicted molar refractivity (Wildman–Crippen MR) is 73.6 cm³/mol. The maximum Gasteiger partial charge on any atom is 0.228 e. The van der Waals surface area contributed by atoms with Crippen molar-refractivity contribution in [2.45, 2.75) is 18.6 Å². The third-order valence-corrected chi connectivity index (χ3v) is 4.08. The molecule has 1 atom stereocenters. The van der Waals surface area contributed by atoms with Crippen LogP contribution in [0, 0.1) is 10.5 Å². The maximum atomic E-state index is 11.7. The van der Waals surface area contributed by atoms with Gasteiger partial charge in [0.1, 0.15) is 0 Å². The van der Waals surface area contributed by atoms with E-state index in [-0.39, 0.29) is 11.2 Å². The first-order valence-corrected chi connectivity index (χ1v) is 6.42. The topological polar surface area (TPSA) is 20.3 Å². The molecule has 1 amide bonds. The summed E-state index contributed by atoms with van der Waals surface area (Å²) in [6.07, 6.45) is 0.549. The zero-order valence-corrected chi connectivity index (χ0v) is 11.5. The number of carbonyl (C=O) groups is 1. The Morgan fingerprint density at radius 1 is 1.53 bits per heavy atom. The molecule has 0 aliphatic carbocycles. The minimum Gasteiger partial charge on any atom is -0.311 e. The number of carbonyl (C=O) groups excluding carboxylic acids is 1. The van der Waals surface area contributed by atoms with Gasteiger partial charge in [-0.1, -0.05) is 6.07 Å². The molecule has 1 aliphatic heterocycles. The van der Waals surface area contributed by atoms with Crippen molar-refractivity contribution in [3.8, 4) is 0 Å². The van der Waals surface area contributed by atoms with Gasteiger partial charge in [0.05, 0.1) is 0 Å². The number of aryl methyl sites for hydroxylation is 1. The predicted octanol–water partition coefficient (Wildman–Crippen LogP) is 2.63. The first-order valence-electron chi connectivity index (χ1n) is 4.82. The number of hydrogen-bond acceptors (Lipinski definition) is 2. The van der Waals surface area contributed by atoms with Gasteiger partial charge in [-0.25, -0.2) is 0 Å². The van der Waals surface area contributed by atoms with Crippen LogP contribution in [0.3, 0.4) is 0 Å². The molecule has 1 aliphatic rings. The van der Waals surface area contributed by atoms with Gasteiger partial charge in [-0.2, -0.15) is 12.6 Å². The van der Waals surface area contributed by atoms with E-state index in [1.807, 2.05) is 11.0 Å². The van der Waals surface area contributed by atoms with Crippen LogP contribution in [0.4, 0.5) is 5.69 Å². The number of rotatable bonds is 1. The zero-order valence-electron chi connectivity index (χ0n) is 8.40. The summed E-state index contributed by atoms with van der Waals surface area (Å²) in [7, 11) is 0. The van der Waals surface area contributed by atoms with Crippen molar-refractivity contribution in [2.75, 3.05) is 11.4 Å². The molecule has 1 heterocycles. The molecule has 1 saturated heterocycles. The first kappa shape index (κ1) is 11.3. The fourth-order valence-corrected chi connectivity index (χ4v) is 2.51. The largest absolute Gasteiger partial charge is 0.311 e. The van der Waals surface area contributed by atoms with Gasteiger partial charge in [-0.05, 0) is 47.2 Å². The lowest BCUT2D eigenvalue weighted by Gasteiger charge is -2.16. The molecule has 80 valence electrons. The van der Waals surface area contributed by atoms with Crippen molar-refractivity contribution < 1.29 is 4.79 Å². The van der Waals surface area contributed by atoms with Gasteiger partial charge in [0.2, 0.25) is 5.91 Å². The Morgan fingerprint density at radius 3 is 2.80 bits per heavy atom. The quantitative estimate of drug-likeness (QED) is 0.619. The number of anilines is 1. The Bertz CT molecular complexity index is 408. The van der Waals surface area contributed by atoms with Crippen LogP contribution in [0.1, 0.15) is 12.0 Å². The molecule has 2 nitrogen and oxygen atoms in total. The fraction of sp³-hybridized carbons (Fsp3) is 0.364. The Labute approximate surface area is 109 Å². The van der Waals surface area contributed by atoms with Gasteiger partial charge in [-0.3, -0.25) is 4.79 Å². The summed E-state index contributed by atoms with van der Waals surface area (Å²) in [5.74, 6) is 0.176. The van der Waals surface area contributed by atoms with Crippen LogP contribution in [-0.4, -0.2) is 17.7 Å². The SMILES string of the molecule is Cc1ccc(N2CC(S)CC2=O)cc1I. The molecular weight excluding hydrogens is 321 g/mol. The third kappa shape index (κ3) is 2.30. The van der Waals surface area contributed by atoms with Crippen molar-refractivity contribution in [3.63, 3.8) is 0 Å². The summed E-state index contributed by atoms with van der Waals surface area (Å²) in [6, 6.07) is 6.11. The van der Waals surface area contributed by atoms with Gasteiger partial charge in [0.25, 0.3) is 0 Å². The summed E-state index contributed by atoms with van der Waals surface area (Å²) in [5.41, 5.74) is 2.24. The van der Waals surface area contributed by atoms with Crippen molar-refractivity contribution in [1.29, 1.82) is 0 Å². The van der Waals surface area contributed by atoms with E-state index in [4.69, 9.17) is 0 Å². The summed E-state index contributed by atoms with van der Waals surface area (Å²) >= 11 is 6.63. The molecule has 1 aromatic carbocycles.